The SMILES string of the molecule is COc1ccc(Cl)cc1.Nc1ccc(Cl)cc1C1=CC(c2ccc(S(=O)(=O)N3CCOCC3)cc2)N(C=O)CC1. The van der Waals surface area contributed by atoms with Gasteiger partial charge in [-0.3, -0.25) is 4.79 Å². The highest BCUT2D eigenvalue weighted by Crippen LogP contribution is 2.36. The van der Waals surface area contributed by atoms with Crippen LogP contribution in [0.25, 0.3) is 5.57 Å². The van der Waals surface area contributed by atoms with E-state index >= 15 is 0 Å². The molecule has 1 unspecified atom stereocenters. The van der Waals surface area contributed by atoms with Crippen molar-refractivity contribution in [1.82, 2.24) is 9.21 Å². The van der Waals surface area contributed by atoms with Crippen LogP contribution in [0.15, 0.2) is 77.7 Å². The average molecular weight is 605 g/mol. The number of carbonyl (C=O) groups excluding carboxylic acids is 1. The summed E-state index contributed by atoms with van der Waals surface area (Å²) in [4.78, 5) is 13.6. The molecule has 2 aliphatic heterocycles. The largest absolute Gasteiger partial charge is 0.497 e. The quantitative estimate of drug-likeness (QED) is 0.304. The van der Waals surface area contributed by atoms with Crippen molar-refractivity contribution in [2.24, 2.45) is 0 Å². The van der Waals surface area contributed by atoms with E-state index in [1.54, 1.807) is 60.5 Å². The van der Waals surface area contributed by atoms with Gasteiger partial charge in [0.25, 0.3) is 0 Å². The molecular formula is C29H31Cl2N3O5S. The molecule has 2 heterocycles. The highest BCUT2D eigenvalue weighted by atomic mass is 35.5. The number of ether oxygens (including phenoxy) is 2. The third-order valence-corrected chi connectivity index (χ3v) is 9.13. The molecule has 0 aliphatic carbocycles. The molecule has 8 nitrogen and oxygen atoms in total. The summed E-state index contributed by atoms with van der Waals surface area (Å²) in [5, 5.41) is 1.33. The Labute approximate surface area is 244 Å². The van der Waals surface area contributed by atoms with Gasteiger partial charge in [-0.15, -0.1) is 0 Å². The van der Waals surface area contributed by atoms with Crippen LogP contribution in [0.1, 0.15) is 23.6 Å². The second-order valence-electron chi connectivity index (χ2n) is 9.21. The fraction of sp³-hybridized carbons (Fsp3) is 0.276. The maximum Gasteiger partial charge on any atom is 0.243 e. The number of nitrogens with two attached hydrogens (primary N) is 1. The third kappa shape index (κ3) is 7.16. The Morgan fingerprint density at radius 2 is 1.60 bits per heavy atom. The standard InChI is InChI=1S/C22H24ClN3O4S.C7H7ClO/c23-18-3-6-21(24)20(14-18)17-7-8-25(15-27)22(13-17)16-1-4-19(5-2-16)31(28,29)26-9-11-30-12-10-26;1-9-7-4-2-6(8)3-5-7/h1-6,13-15,22H,7-12,24H2;2-5H,1H3. The number of hydrogen-bond acceptors (Lipinski definition) is 6. The van der Waals surface area contributed by atoms with E-state index in [2.05, 4.69) is 0 Å². The van der Waals surface area contributed by atoms with Gasteiger partial charge in [-0.05, 0) is 72.2 Å². The van der Waals surface area contributed by atoms with Gasteiger partial charge in [0.15, 0.2) is 0 Å². The number of amides is 1. The normalized spacial score (nSPS) is 17.8. The van der Waals surface area contributed by atoms with Crippen LogP contribution in [0.3, 0.4) is 0 Å². The molecule has 11 heteroatoms. The van der Waals surface area contributed by atoms with E-state index in [-0.39, 0.29) is 10.9 Å². The maximum absolute atomic E-state index is 12.9. The van der Waals surface area contributed by atoms with Crippen molar-refractivity contribution >= 4 is 50.9 Å². The molecule has 1 fully saturated rings. The Hall–Kier alpha value is -3.08. The van der Waals surface area contributed by atoms with Crippen LogP contribution in [-0.4, -0.2) is 64.0 Å². The Morgan fingerprint density at radius 3 is 2.23 bits per heavy atom. The number of benzene rings is 3. The van der Waals surface area contributed by atoms with Gasteiger partial charge in [0.1, 0.15) is 5.75 Å². The van der Waals surface area contributed by atoms with Gasteiger partial charge in [0.2, 0.25) is 16.4 Å². The molecule has 2 N–H and O–H groups in total. The molecule has 5 rings (SSSR count). The van der Waals surface area contributed by atoms with Crippen molar-refractivity contribution in [1.29, 1.82) is 0 Å². The second-order valence-corrected chi connectivity index (χ2v) is 12.0. The molecular weight excluding hydrogens is 573 g/mol. The van der Waals surface area contributed by atoms with E-state index in [0.717, 1.165) is 33.9 Å². The lowest BCUT2D eigenvalue weighted by Gasteiger charge is -2.32. The van der Waals surface area contributed by atoms with Crippen LogP contribution < -0.4 is 10.5 Å². The summed E-state index contributed by atoms with van der Waals surface area (Å²) < 4.78 is 37.3. The molecule has 0 aromatic heterocycles. The molecule has 0 saturated carbocycles. The van der Waals surface area contributed by atoms with Crippen LogP contribution in [0.5, 0.6) is 5.75 Å². The Bertz CT molecular complexity index is 1440. The smallest absolute Gasteiger partial charge is 0.243 e. The molecule has 0 radical (unpaired) electrons. The third-order valence-electron chi connectivity index (χ3n) is 6.73. The average Bonchev–Trinajstić information content (AvgIpc) is 2.99. The van der Waals surface area contributed by atoms with Gasteiger partial charge in [-0.2, -0.15) is 4.31 Å². The fourth-order valence-corrected chi connectivity index (χ4v) is 6.25. The summed E-state index contributed by atoms with van der Waals surface area (Å²) in [5.74, 6) is 0.833. The highest BCUT2D eigenvalue weighted by Gasteiger charge is 2.28. The van der Waals surface area contributed by atoms with Crippen molar-refractivity contribution in [2.45, 2.75) is 17.4 Å². The zero-order valence-electron chi connectivity index (χ0n) is 22.0. The lowest BCUT2D eigenvalue weighted by atomic mass is 9.92. The molecule has 3 aromatic carbocycles. The molecule has 40 heavy (non-hydrogen) atoms. The van der Waals surface area contributed by atoms with Gasteiger partial charge < -0.3 is 20.1 Å². The molecule has 3 aromatic rings. The lowest BCUT2D eigenvalue weighted by Crippen LogP contribution is -2.40. The number of rotatable bonds is 6. The van der Waals surface area contributed by atoms with Gasteiger partial charge in [0.05, 0.1) is 31.3 Å². The van der Waals surface area contributed by atoms with Crippen LogP contribution in [0.4, 0.5) is 5.69 Å². The highest BCUT2D eigenvalue weighted by molar-refractivity contribution is 7.89. The second kappa shape index (κ2) is 13.5. The Kier molecular flexibility index (Phi) is 10.1. The summed E-state index contributed by atoms with van der Waals surface area (Å²) >= 11 is 11.8. The summed E-state index contributed by atoms with van der Waals surface area (Å²) in [6.45, 7) is 2.01. The summed E-state index contributed by atoms with van der Waals surface area (Å²) in [7, 11) is -1.94. The summed E-state index contributed by atoms with van der Waals surface area (Å²) in [5.41, 5.74) is 9.46. The summed E-state index contributed by atoms with van der Waals surface area (Å²) in [6, 6.07) is 19.0. The number of hydrogen-bond donors (Lipinski definition) is 1. The monoisotopic (exact) mass is 603 g/mol. The first-order valence-electron chi connectivity index (χ1n) is 12.7. The first-order chi connectivity index (χ1) is 19.2. The van der Waals surface area contributed by atoms with Crippen LogP contribution in [0.2, 0.25) is 10.0 Å². The minimum absolute atomic E-state index is 0.231. The van der Waals surface area contributed by atoms with E-state index in [4.69, 9.17) is 38.4 Å². The van der Waals surface area contributed by atoms with Crippen molar-refractivity contribution in [3.8, 4) is 5.75 Å². The lowest BCUT2D eigenvalue weighted by molar-refractivity contribution is -0.119. The van der Waals surface area contributed by atoms with E-state index in [1.807, 2.05) is 24.3 Å². The minimum Gasteiger partial charge on any atom is -0.497 e. The van der Waals surface area contributed by atoms with Crippen LogP contribution >= 0.6 is 23.2 Å². The van der Waals surface area contributed by atoms with Gasteiger partial charge in [0, 0.05) is 40.9 Å². The molecule has 0 spiro atoms. The van der Waals surface area contributed by atoms with E-state index in [1.165, 1.54) is 4.31 Å². The number of morpholine rings is 1. The number of halogens is 2. The van der Waals surface area contributed by atoms with Crippen molar-refractivity contribution in [3.05, 3.63) is 94.0 Å². The number of carbonyl (C=O) groups is 1. The van der Waals surface area contributed by atoms with Crippen molar-refractivity contribution < 1.29 is 22.7 Å². The molecule has 1 atom stereocenters. The van der Waals surface area contributed by atoms with Crippen LogP contribution in [-0.2, 0) is 19.6 Å². The molecule has 212 valence electrons. The fourth-order valence-electron chi connectivity index (χ4n) is 4.54. The predicted molar refractivity (Wildman–Crippen MR) is 158 cm³/mol. The first kappa shape index (κ1) is 29.9. The molecule has 1 saturated heterocycles. The molecule has 2 aliphatic rings. The number of nitrogens with zero attached hydrogens (tertiary/aromatic N) is 2. The number of sulfonamides is 1. The maximum atomic E-state index is 12.9. The van der Waals surface area contributed by atoms with E-state index in [9.17, 15) is 13.2 Å². The topological polar surface area (TPSA) is 102 Å². The number of nitrogen functional groups attached to an aromatic ring is 1. The molecule has 1 amide bonds. The first-order valence-corrected chi connectivity index (χ1v) is 14.9. The Morgan fingerprint density at radius 1 is 0.950 bits per heavy atom. The number of anilines is 1. The minimum atomic E-state index is -3.57. The van der Waals surface area contributed by atoms with E-state index in [0.29, 0.717) is 50.0 Å². The van der Waals surface area contributed by atoms with Crippen molar-refractivity contribution in [3.63, 3.8) is 0 Å². The van der Waals surface area contributed by atoms with Crippen LogP contribution in [0, 0.1) is 0 Å². The van der Waals surface area contributed by atoms with Gasteiger partial charge >= 0.3 is 0 Å². The molecule has 0 bridgehead atoms. The zero-order chi connectivity index (χ0) is 28.7. The Balaban J connectivity index is 0.000000350. The predicted octanol–water partition coefficient (Wildman–Crippen LogP) is 5.28. The number of methoxy groups -OCH3 is 1. The van der Waals surface area contributed by atoms with Gasteiger partial charge in [-0.25, -0.2) is 8.42 Å². The zero-order valence-corrected chi connectivity index (χ0v) is 24.3. The van der Waals surface area contributed by atoms with E-state index < -0.39 is 10.0 Å². The summed E-state index contributed by atoms with van der Waals surface area (Å²) in [6.07, 6.45) is 3.46. The van der Waals surface area contributed by atoms with Gasteiger partial charge in [-0.1, -0.05) is 41.4 Å². The van der Waals surface area contributed by atoms with Crippen molar-refractivity contribution in [2.75, 3.05) is 45.7 Å².